The molecule has 0 fully saturated rings. The summed E-state index contributed by atoms with van der Waals surface area (Å²) < 4.78 is 15.9. The van der Waals surface area contributed by atoms with Gasteiger partial charge in [-0.05, 0) is 11.4 Å². The summed E-state index contributed by atoms with van der Waals surface area (Å²) in [5, 5.41) is 5.84. The summed E-state index contributed by atoms with van der Waals surface area (Å²) in [6, 6.07) is 15.0. The lowest BCUT2D eigenvalue weighted by atomic mass is 10.2. The van der Waals surface area contributed by atoms with E-state index in [1.54, 1.807) is 17.4 Å². The molecular formula is C18H12N2O4S. The van der Waals surface area contributed by atoms with Crippen LogP contribution >= 0.6 is 11.3 Å². The van der Waals surface area contributed by atoms with E-state index in [0.717, 1.165) is 10.4 Å². The molecule has 0 aliphatic carbocycles. The first-order valence-corrected chi connectivity index (χ1v) is 8.35. The lowest BCUT2D eigenvalue weighted by Gasteiger charge is -1.98. The number of oxazole rings is 1. The molecule has 6 nitrogen and oxygen atoms in total. The third kappa shape index (κ3) is 3.36. The van der Waals surface area contributed by atoms with E-state index in [1.807, 2.05) is 47.8 Å². The monoisotopic (exact) mass is 352 g/mol. The fourth-order valence-electron chi connectivity index (χ4n) is 2.22. The van der Waals surface area contributed by atoms with Crippen LogP contribution in [0.15, 0.2) is 69.0 Å². The number of esters is 1. The molecule has 0 radical (unpaired) electrons. The minimum absolute atomic E-state index is 0.0171. The van der Waals surface area contributed by atoms with Crippen molar-refractivity contribution in [3.05, 3.63) is 71.7 Å². The van der Waals surface area contributed by atoms with Crippen LogP contribution in [-0.2, 0) is 11.3 Å². The highest BCUT2D eigenvalue weighted by molar-refractivity contribution is 7.13. The third-order valence-corrected chi connectivity index (χ3v) is 4.30. The maximum atomic E-state index is 12.1. The van der Waals surface area contributed by atoms with Crippen LogP contribution in [0, 0.1) is 0 Å². The topological polar surface area (TPSA) is 78.4 Å². The Bertz CT molecular complexity index is 974. The van der Waals surface area contributed by atoms with Crippen LogP contribution in [0.5, 0.6) is 0 Å². The van der Waals surface area contributed by atoms with Gasteiger partial charge in [-0.3, -0.25) is 0 Å². The Morgan fingerprint density at radius 1 is 1.12 bits per heavy atom. The molecule has 0 saturated carbocycles. The van der Waals surface area contributed by atoms with Crippen molar-refractivity contribution in [2.75, 3.05) is 0 Å². The summed E-state index contributed by atoms with van der Waals surface area (Å²) in [7, 11) is 0. The number of hydrogen-bond donors (Lipinski definition) is 0. The zero-order valence-corrected chi connectivity index (χ0v) is 13.7. The molecular weight excluding hydrogens is 340 g/mol. The second-order valence-electron chi connectivity index (χ2n) is 5.13. The van der Waals surface area contributed by atoms with E-state index in [2.05, 4.69) is 10.1 Å². The minimum Gasteiger partial charge on any atom is -0.452 e. The zero-order valence-electron chi connectivity index (χ0n) is 12.9. The molecule has 0 unspecified atom stereocenters. The summed E-state index contributed by atoms with van der Waals surface area (Å²) in [5.41, 5.74) is 1.36. The second kappa shape index (κ2) is 6.74. The van der Waals surface area contributed by atoms with E-state index < -0.39 is 5.97 Å². The van der Waals surface area contributed by atoms with Gasteiger partial charge in [0, 0.05) is 11.6 Å². The molecule has 124 valence electrons. The smallest absolute Gasteiger partial charge is 0.395 e. The number of carbonyl (C=O) groups is 1. The molecule has 3 aromatic heterocycles. The quantitative estimate of drug-likeness (QED) is 0.495. The van der Waals surface area contributed by atoms with Gasteiger partial charge in [-0.2, -0.15) is 0 Å². The van der Waals surface area contributed by atoms with Crippen LogP contribution in [0.25, 0.3) is 22.0 Å². The third-order valence-electron chi connectivity index (χ3n) is 3.41. The van der Waals surface area contributed by atoms with Gasteiger partial charge in [-0.15, -0.1) is 11.3 Å². The summed E-state index contributed by atoms with van der Waals surface area (Å²) in [5.74, 6) is 0.404. The lowest BCUT2D eigenvalue weighted by molar-refractivity contribution is 0.0419. The van der Waals surface area contributed by atoms with Gasteiger partial charge in [0.15, 0.2) is 11.5 Å². The highest BCUT2D eigenvalue weighted by atomic mass is 32.1. The van der Waals surface area contributed by atoms with E-state index in [-0.39, 0.29) is 12.5 Å². The SMILES string of the molecule is O=C(OCc1cc(-c2cccs2)on1)c1ncc(-c2ccccc2)o1. The normalized spacial score (nSPS) is 10.7. The molecule has 1 aromatic carbocycles. The van der Waals surface area contributed by atoms with Crippen LogP contribution < -0.4 is 0 Å². The predicted molar refractivity (Wildman–Crippen MR) is 90.9 cm³/mol. The van der Waals surface area contributed by atoms with Crippen molar-refractivity contribution in [3.63, 3.8) is 0 Å². The number of rotatable bonds is 5. The Morgan fingerprint density at radius 3 is 2.80 bits per heavy atom. The van der Waals surface area contributed by atoms with Gasteiger partial charge in [0.2, 0.25) is 0 Å². The van der Waals surface area contributed by atoms with E-state index in [0.29, 0.717) is 17.2 Å². The summed E-state index contributed by atoms with van der Waals surface area (Å²) in [6.45, 7) is -0.0171. The Labute approximate surface area is 146 Å². The van der Waals surface area contributed by atoms with Crippen molar-refractivity contribution in [1.82, 2.24) is 10.1 Å². The van der Waals surface area contributed by atoms with E-state index >= 15 is 0 Å². The maximum absolute atomic E-state index is 12.1. The Balaban J connectivity index is 1.40. The first kappa shape index (κ1) is 15.3. The Hall–Kier alpha value is -3.19. The number of thiophene rings is 1. The Kier molecular flexibility index (Phi) is 4.14. The van der Waals surface area contributed by atoms with Crippen LogP contribution in [0.4, 0.5) is 0 Å². The van der Waals surface area contributed by atoms with Crippen molar-refractivity contribution >= 4 is 17.3 Å². The molecule has 0 spiro atoms. The van der Waals surface area contributed by atoms with Crippen molar-refractivity contribution in [1.29, 1.82) is 0 Å². The van der Waals surface area contributed by atoms with Gasteiger partial charge in [0.25, 0.3) is 0 Å². The fraction of sp³-hybridized carbons (Fsp3) is 0.0556. The molecule has 0 aliphatic heterocycles. The van der Waals surface area contributed by atoms with Crippen LogP contribution in [0.1, 0.15) is 16.4 Å². The average molecular weight is 352 g/mol. The van der Waals surface area contributed by atoms with Gasteiger partial charge in [0.05, 0.1) is 11.1 Å². The van der Waals surface area contributed by atoms with Gasteiger partial charge < -0.3 is 13.7 Å². The first-order chi connectivity index (χ1) is 12.3. The number of ether oxygens (including phenoxy) is 1. The molecule has 25 heavy (non-hydrogen) atoms. The molecule has 4 rings (SSSR count). The number of carbonyl (C=O) groups excluding carboxylic acids is 1. The number of nitrogens with zero attached hydrogens (tertiary/aromatic N) is 2. The van der Waals surface area contributed by atoms with Crippen molar-refractivity contribution in [2.24, 2.45) is 0 Å². The average Bonchev–Trinajstić information content (AvgIpc) is 3.41. The van der Waals surface area contributed by atoms with Gasteiger partial charge in [0.1, 0.15) is 12.3 Å². The summed E-state index contributed by atoms with van der Waals surface area (Å²) in [4.78, 5) is 17.0. The predicted octanol–water partition coefficient (Wildman–Crippen LogP) is 4.42. The second-order valence-corrected chi connectivity index (χ2v) is 6.08. The molecule has 0 bridgehead atoms. The number of aromatic nitrogens is 2. The molecule has 7 heteroatoms. The van der Waals surface area contributed by atoms with E-state index in [1.165, 1.54) is 6.20 Å². The molecule has 3 heterocycles. The molecule has 4 aromatic rings. The molecule has 0 N–H and O–H groups in total. The molecule has 0 amide bonds. The van der Waals surface area contributed by atoms with Crippen LogP contribution in [0.2, 0.25) is 0 Å². The van der Waals surface area contributed by atoms with Crippen LogP contribution in [-0.4, -0.2) is 16.1 Å². The minimum atomic E-state index is -0.650. The summed E-state index contributed by atoms with van der Waals surface area (Å²) >= 11 is 1.54. The fourth-order valence-corrected chi connectivity index (χ4v) is 2.89. The van der Waals surface area contributed by atoms with E-state index in [9.17, 15) is 4.79 Å². The van der Waals surface area contributed by atoms with Crippen molar-refractivity contribution in [2.45, 2.75) is 6.61 Å². The van der Waals surface area contributed by atoms with E-state index in [4.69, 9.17) is 13.7 Å². The lowest BCUT2D eigenvalue weighted by Crippen LogP contribution is -2.05. The van der Waals surface area contributed by atoms with Crippen molar-refractivity contribution in [3.8, 4) is 22.0 Å². The highest BCUT2D eigenvalue weighted by Gasteiger charge is 2.17. The van der Waals surface area contributed by atoms with Gasteiger partial charge in [-0.1, -0.05) is 41.6 Å². The molecule has 0 aliphatic rings. The Morgan fingerprint density at radius 2 is 2.00 bits per heavy atom. The molecule has 0 saturated heterocycles. The van der Waals surface area contributed by atoms with Crippen molar-refractivity contribution < 1.29 is 18.5 Å². The zero-order chi connectivity index (χ0) is 17.1. The number of hydrogen-bond acceptors (Lipinski definition) is 7. The standard InChI is InChI=1S/C18H12N2O4S/c21-18(17-19-10-15(23-17)12-5-2-1-3-6-12)22-11-13-9-14(24-20-13)16-7-4-8-25-16/h1-10H,11H2. The van der Waals surface area contributed by atoms with Crippen LogP contribution in [0.3, 0.4) is 0 Å². The summed E-state index contributed by atoms with van der Waals surface area (Å²) in [6.07, 6.45) is 1.50. The molecule has 0 atom stereocenters. The maximum Gasteiger partial charge on any atom is 0.395 e. The number of benzene rings is 1. The highest BCUT2D eigenvalue weighted by Crippen LogP contribution is 2.25. The largest absolute Gasteiger partial charge is 0.452 e. The van der Waals surface area contributed by atoms with Gasteiger partial charge in [-0.25, -0.2) is 9.78 Å². The first-order valence-electron chi connectivity index (χ1n) is 7.47. The van der Waals surface area contributed by atoms with Gasteiger partial charge >= 0.3 is 11.9 Å².